The molecule has 0 fully saturated rings. The van der Waals surface area contributed by atoms with Gasteiger partial charge in [0, 0.05) is 42.3 Å². The summed E-state index contributed by atoms with van der Waals surface area (Å²) < 4.78 is 64.5. The van der Waals surface area contributed by atoms with Crippen LogP contribution in [0.4, 0.5) is 33.7 Å². The van der Waals surface area contributed by atoms with Gasteiger partial charge < -0.3 is 16.4 Å². The Morgan fingerprint density at radius 2 is 2.04 bits per heavy atom. The Kier molecular flexibility index (Phi) is 7.24. The lowest BCUT2D eigenvalue weighted by molar-refractivity contribution is 0.159. The van der Waals surface area contributed by atoms with Gasteiger partial charge in [-0.2, -0.15) is 4.98 Å². The molecule has 0 amide bonds. The maximum Gasteiger partial charge on any atom is 0.257 e. The minimum atomic E-state index is -2.59. The first-order valence-corrected chi connectivity index (χ1v) is 7.98. The lowest BCUT2D eigenvalue weighted by Crippen LogP contribution is -2.11. The third-order valence-corrected chi connectivity index (χ3v) is 3.40. The first-order valence-electron chi connectivity index (χ1n) is 7.98. The van der Waals surface area contributed by atoms with Crippen molar-refractivity contribution in [2.24, 2.45) is 10.7 Å². The highest BCUT2D eigenvalue weighted by Crippen LogP contribution is 2.18. The van der Waals surface area contributed by atoms with Gasteiger partial charge >= 0.3 is 0 Å². The normalized spacial score (nSPS) is 12.0. The first kappa shape index (κ1) is 21.1. The molecule has 0 bridgehead atoms. The van der Waals surface area contributed by atoms with E-state index in [4.69, 9.17) is 5.73 Å². The summed E-state index contributed by atoms with van der Waals surface area (Å²) in [5.41, 5.74) is 5.93. The fourth-order valence-electron chi connectivity index (χ4n) is 2.07. The Labute approximate surface area is 157 Å². The average Bonchev–Trinajstić information content (AvgIpc) is 2.64. The predicted molar refractivity (Wildman–Crippen MR) is 95.7 cm³/mol. The SMILES string of the molecule is Cc1cnc(N/C(C=NCC(F)F)=C/N)nc1NCc1cc(F)cc(F)c1F. The third kappa shape index (κ3) is 5.89. The van der Waals surface area contributed by atoms with Gasteiger partial charge in [-0.05, 0) is 13.0 Å². The van der Waals surface area contributed by atoms with Gasteiger partial charge in [-0.1, -0.05) is 0 Å². The van der Waals surface area contributed by atoms with Crippen molar-refractivity contribution in [2.75, 3.05) is 17.2 Å². The molecule has 0 saturated heterocycles. The molecule has 28 heavy (non-hydrogen) atoms. The molecule has 1 aromatic heterocycles. The standard InChI is InChI=1S/C17H17F5N6/c1-9-5-26-17(27-12(4-23)7-24-8-14(20)21)28-16(9)25-6-10-2-11(18)3-13(19)15(10)22/h2-5,7,14H,6,8,23H2,1H3,(H2,25,26,27,28)/b12-4+,24-7?. The molecule has 0 aliphatic carbocycles. The largest absolute Gasteiger partial charge is 0.403 e. The number of halogens is 5. The van der Waals surface area contributed by atoms with Crippen LogP contribution in [0.25, 0.3) is 0 Å². The van der Waals surface area contributed by atoms with E-state index in [-0.39, 0.29) is 29.6 Å². The highest BCUT2D eigenvalue weighted by atomic mass is 19.3. The number of hydrogen-bond acceptors (Lipinski definition) is 6. The lowest BCUT2D eigenvalue weighted by Gasteiger charge is -2.12. The van der Waals surface area contributed by atoms with Crippen LogP contribution in [0.1, 0.15) is 11.1 Å². The molecule has 0 spiro atoms. The molecule has 0 saturated carbocycles. The second kappa shape index (κ2) is 9.62. The van der Waals surface area contributed by atoms with Crippen LogP contribution < -0.4 is 16.4 Å². The van der Waals surface area contributed by atoms with E-state index in [0.29, 0.717) is 11.6 Å². The van der Waals surface area contributed by atoms with Gasteiger partial charge in [0.1, 0.15) is 11.6 Å². The van der Waals surface area contributed by atoms with Crippen molar-refractivity contribution in [2.45, 2.75) is 19.9 Å². The minimum Gasteiger partial charge on any atom is -0.403 e. The van der Waals surface area contributed by atoms with Crippen molar-refractivity contribution in [3.63, 3.8) is 0 Å². The molecule has 6 nitrogen and oxygen atoms in total. The molecule has 0 aliphatic rings. The topological polar surface area (TPSA) is 88.2 Å². The molecular formula is C17H17F5N6. The Hall–Kier alpha value is -3.24. The van der Waals surface area contributed by atoms with Crippen LogP contribution in [0.5, 0.6) is 0 Å². The Morgan fingerprint density at radius 3 is 2.71 bits per heavy atom. The highest BCUT2D eigenvalue weighted by Gasteiger charge is 2.12. The lowest BCUT2D eigenvalue weighted by atomic mass is 10.2. The third-order valence-electron chi connectivity index (χ3n) is 3.40. The number of nitrogens with one attached hydrogen (secondary N) is 2. The molecule has 150 valence electrons. The molecule has 2 aromatic rings. The maximum absolute atomic E-state index is 13.7. The minimum absolute atomic E-state index is 0.0548. The fourth-order valence-corrected chi connectivity index (χ4v) is 2.07. The van der Waals surface area contributed by atoms with Crippen LogP contribution in [-0.4, -0.2) is 29.2 Å². The van der Waals surface area contributed by atoms with Crippen LogP contribution in [0, 0.1) is 24.4 Å². The summed E-state index contributed by atoms with van der Waals surface area (Å²) in [4.78, 5) is 11.7. The summed E-state index contributed by atoms with van der Waals surface area (Å²) in [5, 5.41) is 5.45. The van der Waals surface area contributed by atoms with Crippen molar-refractivity contribution >= 4 is 18.0 Å². The Morgan fingerprint density at radius 1 is 1.29 bits per heavy atom. The molecule has 0 aliphatic heterocycles. The smallest absolute Gasteiger partial charge is 0.257 e. The fraction of sp³-hybridized carbons (Fsp3) is 0.235. The number of rotatable bonds is 8. The number of alkyl halides is 2. The van der Waals surface area contributed by atoms with E-state index in [2.05, 4.69) is 25.6 Å². The zero-order valence-electron chi connectivity index (χ0n) is 14.7. The number of aromatic nitrogens is 2. The number of aryl methyl sites for hydroxylation is 1. The van der Waals surface area contributed by atoms with Gasteiger partial charge in [0.2, 0.25) is 5.95 Å². The summed E-state index contributed by atoms with van der Waals surface area (Å²) >= 11 is 0. The summed E-state index contributed by atoms with van der Waals surface area (Å²) in [7, 11) is 0. The first-order chi connectivity index (χ1) is 13.3. The van der Waals surface area contributed by atoms with Gasteiger partial charge in [-0.15, -0.1) is 0 Å². The summed E-state index contributed by atoms with van der Waals surface area (Å²) in [6.07, 6.45) is 1.04. The zero-order valence-corrected chi connectivity index (χ0v) is 14.7. The van der Waals surface area contributed by atoms with Crippen LogP contribution in [0.2, 0.25) is 0 Å². The number of allylic oxidation sites excluding steroid dienone is 1. The summed E-state index contributed by atoms with van der Waals surface area (Å²) in [6.45, 7) is 0.752. The van der Waals surface area contributed by atoms with E-state index >= 15 is 0 Å². The molecule has 0 radical (unpaired) electrons. The second-order valence-corrected chi connectivity index (χ2v) is 5.57. The molecule has 0 unspecified atom stereocenters. The molecule has 0 atom stereocenters. The van der Waals surface area contributed by atoms with Crippen LogP contribution in [0.3, 0.4) is 0 Å². The van der Waals surface area contributed by atoms with Gasteiger partial charge in [0.15, 0.2) is 11.6 Å². The molecule has 2 rings (SSSR count). The molecule has 1 heterocycles. The summed E-state index contributed by atoms with van der Waals surface area (Å²) in [6, 6.07) is 1.32. The van der Waals surface area contributed by atoms with Gasteiger partial charge in [0.25, 0.3) is 6.43 Å². The number of nitrogens with zero attached hydrogens (tertiary/aromatic N) is 3. The van der Waals surface area contributed by atoms with Crippen molar-refractivity contribution in [3.05, 3.63) is 58.8 Å². The second-order valence-electron chi connectivity index (χ2n) is 5.57. The van der Waals surface area contributed by atoms with E-state index in [0.717, 1.165) is 18.5 Å². The number of nitrogens with two attached hydrogens (primary N) is 1. The number of hydrogen-bond donors (Lipinski definition) is 3. The number of anilines is 2. The van der Waals surface area contributed by atoms with Crippen molar-refractivity contribution in [1.29, 1.82) is 0 Å². The molecular weight excluding hydrogens is 383 g/mol. The Balaban J connectivity index is 2.12. The van der Waals surface area contributed by atoms with Crippen molar-refractivity contribution in [1.82, 2.24) is 9.97 Å². The van der Waals surface area contributed by atoms with E-state index in [9.17, 15) is 22.0 Å². The number of benzene rings is 1. The van der Waals surface area contributed by atoms with Crippen LogP contribution >= 0.6 is 0 Å². The Bertz CT molecular complexity index is 885. The highest BCUT2D eigenvalue weighted by molar-refractivity contribution is 5.82. The van der Waals surface area contributed by atoms with E-state index in [1.165, 1.54) is 6.20 Å². The molecule has 1 aromatic carbocycles. The van der Waals surface area contributed by atoms with E-state index in [1.807, 2.05) is 0 Å². The zero-order chi connectivity index (χ0) is 20.7. The summed E-state index contributed by atoms with van der Waals surface area (Å²) in [5.74, 6) is -3.04. The predicted octanol–water partition coefficient (Wildman–Crippen LogP) is 3.36. The molecule has 4 N–H and O–H groups in total. The van der Waals surface area contributed by atoms with Crippen molar-refractivity contribution < 1.29 is 22.0 Å². The quantitative estimate of drug-likeness (QED) is 0.359. The maximum atomic E-state index is 13.7. The van der Waals surface area contributed by atoms with E-state index in [1.54, 1.807) is 6.92 Å². The van der Waals surface area contributed by atoms with Crippen LogP contribution in [-0.2, 0) is 6.54 Å². The monoisotopic (exact) mass is 400 g/mol. The van der Waals surface area contributed by atoms with Gasteiger partial charge in [-0.3, -0.25) is 4.99 Å². The average molecular weight is 400 g/mol. The van der Waals surface area contributed by atoms with Crippen LogP contribution in [0.15, 0.2) is 35.2 Å². The molecule has 11 heteroatoms. The van der Waals surface area contributed by atoms with Crippen molar-refractivity contribution in [3.8, 4) is 0 Å². The van der Waals surface area contributed by atoms with Gasteiger partial charge in [0.05, 0.1) is 12.2 Å². The number of aliphatic imine (C=N–C) groups is 1. The van der Waals surface area contributed by atoms with Gasteiger partial charge in [-0.25, -0.2) is 26.9 Å². The van der Waals surface area contributed by atoms with E-state index < -0.39 is 30.4 Å².